The van der Waals surface area contributed by atoms with Crippen molar-refractivity contribution >= 4 is 28.7 Å². The second kappa shape index (κ2) is 9.78. The standard InChI is InChI=1S/C19H25N3O.C4H4O4/c1-3-7-20-19(23)13-8-15-14-5-4-6-16-18(14)12(10-21-16)9-17(15)22(2)11-13;5-3(6)1-2-4(7)8/h4-6,10,13,15,17,21H,3,7-9,11H2,1-2H3,(H,20,23);1-2H,(H,5,6)(H,7,8)/b;2-1-/t13?,15?,17-;/m1./s1. The minimum Gasteiger partial charge on any atom is -0.478 e. The number of aromatic amines is 1. The summed E-state index contributed by atoms with van der Waals surface area (Å²) in [7, 11) is 2.18. The molecule has 8 nitrogen and oxygen atoms in total. The molecule has 4 rings (SSSR count). The number of carboxylic acid groups (broad SMARTS) is 2. The predicted molar refractivity (Wildman–Crippen MR) is 117 cm³/mol. The first kappa shape index (κ1) is 22.6. The van der Waals surface area contributed by atoms with Gasteiger partial charge in [0, 0.05) is 54.3 Å². The van der Waals surface area contributed by atoms with Crippen molar-refractivity contribution in [3.63, 3.8) is 0 Å². The molecule has 1 aromatic carbocycles. The van der Waals surface area contributed by atoms with E-state index in [-0.39, 0.29) is 11.8 Å². The predicted octanol–water partition coefficient (Wildman–Crippen LogP) is 2.37. The van der Waals surface area contributed by atoms with Gasteiger partial charge in [0.2, 0.25) is 5.91 Å². The molecule has 31 heavy (non-hydrogen) atoms. The fraction of sp³-hybridized carbons (Fsp3) is 0.435. The minimum absolute atomic E-state index is 0.101. The number of nitrogens with one attached hydrogen (secondary N) is 2. The Balaban J connectivity index is 0.000000293. The Morgan fingerprint density at radius 1 is 1.23 bits per heavy atom. The van der Waals surface area contributed by atoms with E-state index in [1.165, 1.54) is 22.0 Å². The molecule has 3 atom stereocenters. The lowest BCUT2D eigenvalue weighted by Gasteiger charge is -2.45. The molecule has 0 spiro atoms. The molecule has 2 aromatic rings. The number of likely N-dealkylation sites (N-methyl/N-ethyl adjacent to an activating group) is 1. The number of fused-ring (bicyclic) bond motifs is 2. The quantitative estimate of drug-likeness (QED) is 0.544. The molecule has 1 aromatic heterocycles. The van der Waals surface area contributed by atoms with Crippen LogP contribution in [0, 0.1) is 5.92 Å². The maximum absolute atomic E-state index is 12.5. The zero-order valence-corrected chi connectivity index (χ0v) is 17.8. The van der Waals surface area contributed by atoms with Gasteiger partial charge < -0.3 is 25.4 Å². The Labute approximate surface area is 180 Å². The highest BCUT2D eigenvalue weighted by Gasteiger charge is 2.41. The highest BCUT2D eigenvalue weighted by Crippen LogP contribution is 2.44. The average molecular weight is 428 g/mol. The van der Waals surface area contributed by atoms with Crippen LogP contribution in [-0.2, 0) is 20.8 Å². The number of carbonyl (C=O) groups excluding carboxylic acids is 1. The summed E-state index contributed by atoms with van der Waals surface area (Å²) in [5, 5.41) is 20.1. The van der Waals surface area contributed by atoms with Crippen molar-refractivity contribution in [1.29, 1.82) is 0 Å². The van der Waals surface area contributed by atoms with Crippen LogP contribution in [0.3, 0.4) is 0 Å². The van der Waals surface area contributed by atoms with Crippen molar-refractivity contribution in [2.45, 2.75) is 38.1 Å². The lowest BCUT2D eigenvalue weighted by Crippen LogP contribution is -2.51. The smallest absolute Gasteiger partial charge is 0.328 e. The summed E-state index contributed by atoms with van der Waals surface area (Å²) in [4.78, 5) is 37.4. The van der Waals surface area contributed by atoms with Gasteiger partial charge in [0.15, 0.2) is 0 Å². The molecule has 0 saturated carbocycles. The first-order chi connectivity index (χ1) is 14.8. The zero-order valence-electron chi connectivity index (χ0n) is 17.8. The summed E-state index contributed by atoms with van der Waals surface area (Å²) in [6, 6.07) is 7.07. The summed E-state index contributed by atoms with van der Waals surface area (Å²) in [6.07, 6.45) is 6.32. The molecule has 0 radical (unpaired) electrons. The molecule has 166 valence electrons. The Kier molecular flexibility index (Phi) is 7.12. The third-order valence-electron chi connectivity index (χ3n) is 6.01. The average Bonchev–Trinajstić information content (AvgIpc) is 3.16. The van der Waals surface area contributed by atoms with Crippen molar-refractivity contribution in [1.82, 2.24) is 15.2 Å². The number of rotatable bonds is 5. The van der Waals surface area contributed by atoms with Gasteiger partial charge in [-0.1, -0.05) is 19.1 Å². The third kappa shape index (κ3) is 5.14. The van der Waals surface area contributed by atoms with Crippen LogP contribution in [0.5, 0.6) is 0 Å². The molecule has 1 aliphatic heterocycles. The van der Waals surface area contributed by atoms with Crippen molar-refractivity contribution < 1.29 is 24.6 Å². The van der Waals surface area contributed by atoms with E-state index in [1.807, 2.05) is 0 Å². The van der Waals surface area contributed by atoms with Crippen LogP contribution in [0.4, 0.5) is 0 Å². The molecule has 2 unspecified atom stereocenters. The van der Waals surface area contributed by atoms with E-state index in [0.29, 0.717) is 24.1 Å². The first-order valence-electron chi connectivity index (χ1n) is 10.5. The van der Waals surface area contributed by atoms with Crippen LogP contribution in [0.25, 0.3) is 10.9 Å². The summed E-state index contributed by atoms with van der Waals surface area (Å²) in [5.74, 6) is -1.73. The number of hydrogen-bond donors (Lipinski definition) is 4. The number of nitrogens with zero attached hydrogens (tertiary/aromatic N) is 1. The topological polar surface area (TPSA) is 123 Å². The fourth-order valence-corrected chi connectivity index (χ4v) is 4.67. The third-order valence-corrected chi connectivity index (χ3v) is 6.01. The van der Waals surface area contributed by atoms with E-state index in [0.717, 1.165) is 32.4 Å². The molecule has 1 fully saturated rings. The highest BCUT2D eigenvalue weighted by atomic mass is 16.4. The SMILES string of the molecule is CCCNC(=O)C1CC2c3cccc4[nH]cc(c34)C[C@H]2N(C)C1.O=C(O)/C=C\C(=O)O. The van der Waals surface area contributed by atoms with Crippen molar-refractivity contribution in [3.05, 3.63) is 47.7 Å². The van der Waals surface area contributed by atoms with Gasteiger partial charge in [-0.05, 0) is 43.5 Å². The van der Waals surface area contributed by atoms with E-state index < -0.39 is 11.9 Å². The number of H-pyrrole nitrogens is 1. The van der Waals surface area contributed by atoms with Gasteiger partial charge in [-0.3, -0.25) is 4.79 Å². The Morgan fingerprint density at radius 2 is 1.94 bits per heavy atom. The number of likely N-dealkylation sites (tertiary alicyclic amines) is 1. The van der Waals surface area contributed by atoms with Gasteiger partial charge in [-0.2, -0.15) is 0 Å². The fourth-order valence-electron chi connectivity index (χ4n) is 4.67. The van der Waals surface area contributed by atoms with Gasteiger partial charge >= 0.3 is 11.9 Å². The lowest BCUT2D eigenvalue weighted by molar-refractivity contribution is -0.134. The molecule has 1 amide bonds. The van der Waals surface area contributed by atoms with Crippen LogP contribution in [0.2, 0.25) is 0 Å². The van der Waals surface area contributed by atoms with Crippen LogP contribution < -0.4 is 5.32 Å². The van der Waals surface area contributed by atoms with Gasteiger partial charge in [0.25, 0.3) is 0 Å². The number of aromatic nitrogens is 1. The van der Waals surface area contributed by atoms with Crippen LogP contribution in [0.1, 0.15) is 36.8 Å². The van der Waals surface area contributed by atoms with E-state index in [9.17, 15) is 14.4 Å². The Morgan fingerprint density at radius 3 is 2.58 bits per heavy atom. The van der Waals surface area contributed by atoms with Gasteiger partial charge in [-0.15, -0.1) is 0 Å². The van der Waals surface area contributed by atoms with Gasteiger partial charge in [0.05, 0.1) is 5.92 Å². The number of amides is 1. The maximum Gasteiger partial charge on any atom is 0.328 e. The zero-order chi connectivity index (χ0) is 22.5. The number of carboxylic acids is 2. The monoisotopic (exact) mass is 427 g/mol. The maximum atomic E-state index is 12.5. The molecule has 8 heteroatoms. The van der Waals surface area contributed by atoms with E-state index in [1.54, 1.807) is 0 Å². The van der Waals surface area contributed by atoms with Crippen molar-refractivity contribution in [2.75, 3.05) is 20.1 Å². The second-order valence-electron chi connectivity index (χ2n) is 8.13. The largest absolute Gasteiger partial charge is 0.478 e. The van der Waals surface area contributed by atoms with Crippen molar-refractivity contribution in [2.24, 2.45) is 5.92 Å². The van der Waals surface area contributed by atoms with Gasteiger partial charge in [-0.25, -0.2) is 9.59 Å². The van der Waals surface area contributed by atoms with Crippen LogP contribution in [-0.4, -0.2) is 64.1 Å². The summed E-state index contributed by atoms with van der Waals surface area (Å²) < 4.78 is 0. The Bertz CT molecular complexity index is 980. The molecule has 1 saturated heterocycles. The summed E-state index contributed by atoms with van der Waals surface area (Å²) >= 11 is 0. The van der Waals surface area contributed by atoms with E-state index >= 15 is 0 Å². The number of hydrogen-bond acceptors (Lipinski definition) is 4. The van der Waals surface area contributed by atoms with Gasteiger partial charge in [0.1, 0.15) is 0 Å². The number of benzene rings is 1. The van der Waals surface area contributed by atoms with Crippen LogP contribution in [0.15, 0.2) is 36.5 Å². The molecular formula is C23H29N3O5. The highest BCUT2D eigenvalue weighted by molar-refractivity contribution is 5.90. The number of aliphatic carboxylic acids is 2. The molecule has 2 heterocycles. The number of carbonyl (C=O) groups is 3. The normalized spacial score (nSPS) is 22.5. The lowest BCUT2D eigenvalue weighted by atomic mass is 9.72. The van der Waals surface area contributed by atoms with E-state index in [2.05, 4.69) is 53.6 Å². The van der Waals surface area contributed by atoms with Crippen LogP contribution >= 0.6 is 0 Å². The molecule has 4 N–H and O–H groups in total. The molecule has 0 bridgehead atoms. The Hall–Kier alpha value is -3.13. The molecule has 2 aliphatic rings. The van der Waals surface area contributed by atoms with E-state index in [4.69, 9.17) is 10.2 Å². The molecule has 1 aliphatic carbocycles. The van der Waals surface area contributed by atoms with Crippen molar-refractivity contribution in [3.8, 4) is 0 Å². The second-order valence-corrected chi connectivity index (χ2v) is 8.13. The summed E-state index contributed by atoms with van der Waals surface area (Å²) in [5.41, 5.74) is 4.09. The summed E-state index contributed by atoms with van der Waals surface area (Å²) in [6.45, 7) is 3.75. The first-order valence-corrected chi connectivity index (χ1v) is 10.5. The minimum atomic E-state index is -1.26. The molecular weight excluding hydrogens is 398 g/mol. The number of piperidine rings is 1.